The Balaban J connectivity index is 1.48. The van der Waals surface area contributed by atoms with Crippen LogP contribution in [0.15, 0.2) is 36.8 Å². The molecule has 3 heterocycles. The average molecular weight is 299 g/mol. The van der Waals surface area contributed by atoms with Gasteiger partial charge < -0.3 is 9.47 Å². The third-order valence-corrected chi connectivity index (χ3v) is 4.53. The monoisotopic (exact) mass is 299 g/mol. The van der Waals surface area contributed by atoms with E-state index in [0.717, 1.165) is 45.0 Å². The lowest BCUT2D eigenvalue weighted by molar-refractivity contribution is 0.0756. The first-order valence-electron chi connectivity index (χ1n) is 8.05. The molecule has 22 heavy (non-hydrogen) atoms. The zero-order chi connectivity index (χ0) is 15.4. The van der Waals surface area contributed by atoms with E-state index in [0.29, 0.717) is 6.04 Å². The van der Waals surface area contributed by atoms with Crippen molar-refractivity contribution >= 4 is 0 Å². The van der Waals surface area contributed by atoms with Gasteiger partial charge in [-0.1, -0.05) is 6.07 Å². The summed E-state index contributed by atoms with van der Waals surface area (Å²) in [5, 5.41) is 0. The molecule has 0 N–H and O–H groups in total. The predicted molar refractivity (Wildman–Crippen MR) is 87.5 cm³/mol. The minimum Gasteiger partial charge on any atom is -0.337 e. The summed E-state index contributed by atoms with van der Waals surface area (Å²) in [7, 11) is 2.07. The van der Waals surface area contributed by atoms with Gasteiger partial charge in [0.15, 0.2) is 0 Å². The van der Waals surface area contributed by atoms with Gasteiger partial charge in [0.2, 0.25) is 0 Å². The van der Waals surface area contributed by atoms with Gasteiger partial charge in [0.05, 0.1) is 6.54 Å². The van der Waals surface area contributed by atoms with Crippen LogP contribution in [-0.2, 0) is 20.0 Å². The molecule has 1 saturated heterocycles. The molecule has 0 aliphatic carbocycles. The van der Waals surface area contributed by atoms with Crippen molar-refractivity contribution in [1.82, 2.24) is 24.3 Å². The van der Waals surface area contributed by atoms with Gasteiger partial charge in [-0.2, -0.15) is 0 Å². The average Bonchev–Trinajstić information content (AvgIpc) is 2.94. The van der Waals surface area contributed by atoms with Crippen LogP contribution in [0.3, 0.4) is 0 Å². The van der Waals surface area contributed by atoms with Crippen molar-refractivity contribution in [3.8, 4) is 0 Å². The van der Waals surface area contributed by atoms with Gasteiger partial charge in [0.1, 0.15) is 5.82 Å². The van der Waals surface area contributed by atoms with Crippen molar-refractivity contribution in [2.75, 3.05) is 26.2 Å². The molecule has 118 valence electrons. The molecule has 1 atom stereocenters. The lowest BCUT2D eigenvalue weighted by atomic mass is 10.1. The Kier molecular flexibility index (Phi) is 4.85. The van der Waals surface area contributed by atoms with Gasteiger partial charge >= 0.3 is 0 Å². The molecule has 0 amide bonds. The lowest BCUT2D eigenvalue weighted by Crippen LogP contribution is -2.51. The van der Waals surface area contributed by atoms with Crippen molar-refractivity contribution in [3.05, 3.63) is 48.3 Å². The highest BCUT2D eigenvalue weighted by molar-refractivity contribution is 5.04. The van der Waals surface area contributed by atoms with Crippen molar-refractivity contribution in [2.24, 2.45) is 7.05 Å². The first kappa shape index (κ1) is 15.2. The topological polar surface area (TPSA) is 37.2 Å². The number of rotatable bonds is 5. The summed E-state index contributed by atoms with van der Waals surface area (Å²) in [5.41, 5.74) is 1.19. The molecule has 0 spiro atoms. The summed E-state index contributed by atoms with van der Waals surface area (Å²) in [6, 6.07) is 6.72. The molecule has 2 aromatic rings. The fraction of sp³-hybridized carbons (Fsp3) is 0.529. The molecule has 2 aromatic heterocycles. The molecule has 3 rings (SSSR count). The number of aromatic nitrogens is 3. The van der Waals surface area contributed by atoms with Gasteiger partial charge in [-0.15, -0.1) is 0 Å². The van der Waals surface area contributed by atoms with Gasteiger partial charge in [-0.25, -0.2) is 4.98 Å². The van der Waals surface area contributed by atoms with E-state index in [9.17, 15) is 0 Å². The Morgan fingerprint density at radius 1 is 1.18 bits per heavy atom. The molecule has 0 saturated carbocycles. The summed E-state index contributed by atoms with van der Waals surface area (Å²) in [5.74, 6) is 1.15. The molecule has 0 radical (unpaired) electrons. The lowest BCUT2D eigenvalue weighted by Gasteiger charge is -2.39. The van der Waals surface area contributed by atoms with Crippen molar-refractivity contribution < 1.29 is 0 Å². The van der Waals surface area contributed by atoms with E-state index < -0.39 is 0 Å². The minimum absolute atomic E-state index is 0.564. The second-order valence-electron chi connectivity index (χ2n) is 6.15. The first-order valence-corrected chi connectivity index (χ1v) is 8.05. The Labute approximate surface area is 132 Å². The number of aryl methyl sites for hydroxylation is 1. The van der Waals surface area contributed by atoms with Crippen molar-refractivity contribution in [1.29, 1.82) is 0 Å². The highest BCUT2D eigenvalue weighted by Gasteiger charge is 2.24. The van der Waals surface area contributed by atoms with Gasteiger partial charge in [-0.05, 0) is 19.1 Å². The fourth-order valence-corrected chi connectivity index (χ4v) is 3.06. The van der Waals surface area contributed by atoms with Crippen LogP contribution in [0.25, 0.3) is 0 Å². The largest absolute Gasteiger partial charge is 0.337 e. The number of piperazine rings is 1. The number of pyridine rings is 1. The second-order valence-corrected chi connectivity index (χ2v) is 6.15. The number of hydrogen-bond acceptors (Lipinski definition) is 4. The molecule has 5 heteroatoms. The quantitative estimate of drug-likeness (QED) is 0.840. The Bertz CT molecular complexity index is 580. The summed E-state index contributed by atoms with van der Waals surface area (Å²) >= 11 is 0. The van der Waals surface area contributed by atoms with E-state index in [2.05, 4.69) is 50.4 Å². The van der Waals surface area contributed by atoms with E-state index >= 15 is 0 Å². The molecule has 1 fully saturated rings. The molecule has 0 bridgehead atoms. The van der Waals surface area contributed by atoms with Crippen LogP contribution in [-0.4, -0.2) is 56.6 Å². The van der Waals surface area contributed by atoms with Crippen LogP contribution < -0.4 is 0 Å². The van der Waals surface area contributed by atoms with Gasteiger partial charge in [-0.3, -0.25) is 9.88 Å². The van der Waals surface area contributed by atoms with E-state index in [-0.39, 0.29) is 0 Å². The minimum atomic E-state index is 0.564. The summed E-state index contributed by atoms with van der Waals surface area (Å²) < 4.78 is 2.11. The van der Waals surface area contributed by atoms with Crippen LogP contribution in [0, 0.1) is 0 Å². The van der Waals surface area contributed by atoms with Crippen LogP contribution >= 0.6 is 0 Å². The third kappa shape index (κ3) is 3.72. The number of imidazole rings is 1. The Morgan fingerprint density at radius 2 is 2.09 bits per heavy atom. The smallest absolute Gasteiger partial charge is 0.122 e. The second kappa shape index (κ2) is 7.03. The van der Waals surface area contributed by atoms with Crippen molar-refractivity contribution in [3.63, 3.8) is 0 Å². The molecule has 1 aliphatic rings. The molecule has 1 aliphatic heterocycles. The fourth-order valence-electron chi connectivity index (χ4n) is 3.06. The van der Waals surface area contributed by atoms with Crippen LogP contribution in [0.2, 0.25) is 0 Å². The summed E-state index contributed by atoms with van der Waals surface area (Å²) in [6.45, 7) is 7.71. The highest BCUT2D eigenvalue weighted by Crippen LogP contribution is 2.13. The molecular weight excluding hydrogens is 274 g/mol. The SMILES string of the molecule is CC1CN(CCc2ccccn2)CCN1Cc1nccn1C. The molecule has 0 aromatic carbocycles. The van der Waals surface area contributed by atoms with Gasteiger partial charge in [0.25, 0.3) is 0 Å². The maximum Gasteiger partial charge on any atom is 0.122 e. The molecule has 1 unspecified atom stereocenters. The molecule has 5 nitrogen and oxygen atoms in total. The van der Waals surface area contributed by atoms with Crippen LogP contribution in [0.5, 0.6) is 0 Å². The number of nitrogens with zero attached hydrogens (tertiary/aromatic N) is 5. The first-order chi connectivity index (χ1) is 10.7. The summed E-state index contributed by atoms with van der Waals surface area (Å²) in [6.07, 6.45) is 6.81. The summed E-state index contributed by atoms with van der Waals surface area (Å²) in [4.78, 5) is 13.9. The van der Waals surface area contributed by atoms with E-state index in [1.54, 1.807) is 0 Å². The normalized spacial score (nSPS) is 20.4. The Morgan fingerprint density at radius 3 is 2.77 bits per heavy atom. The highest BCUT2D eigenvalue weighted by atomic mass is 15.3. The molecular formula is C17H25N5. The zero-order valence-corrected chi connectivity index (χ0v) is 13.5. The Hall–Kier alpha value is -1.72. The zero-order valence-electron chi connectivity index (χ0n) is 13.5. The maximum absolute atomic E-state index is 4.44. The van der Waals surface area contributed by atoms with E-state index in [4.69, 9.17) is 0 Å². The van der Waals surface area contributed by atoms with Crippen LogP contribution in [0.4, 0.5) is 0 Å². The van der Waals surface area contributed by atoms with Crippen molar-refractivity contribution in [2.45, 2.75) is 25.9 Å². The van der Waals surface area contributed by atoms with Gasteiger partial charge in [0, 0.05) is 70.0 Å². The predicted octanol–water partition coefficient (Wildman–Crippen LogP) is 1.56. The number of hydrogen-bond donors (Lipinski definition) is 0. The van der Waals surface area contributed by atoms with E-state index in [1.165, 1.54) is 5.69 Å². The van der Waals surface area contributed by atoms with E-state index in [1.807, 2.05) is 24.7 Å². The van der Waals surface area contributed by atoms with Crippen LogP contribution in [0.1, 0.15) is 18.4 Å². The standard InChI is InChI=1S/C17H25N5/c1-15-13-21(9-6-16-5-3-4-7-18-16)11-12-22(15)14-17-19-8-10-20(17)2/h3-5,7-8,10,15H,6,9,11-14H2,1-2H3. The maximum atomic E-state index is 4.44. The third-order valence-electron chi connectivity index (χ3n) is 4.53.